The predicted octanol–water partition coefficient (Wildman–Crippen LogP) is 5.99. The summed E-state index contributed by atoms with van der Waals surface area (Å²) in [4.78, 5) is 4.87. The highest BCUT2D eigenvalue weighted by Crippen LogP contribution is 2.28. The van der Waals surface area contributed by atoms with E-state index in [1.807, 2.05) is 0 Å². The average molecular weight is 383 g/mol. The molecule has 0 aromatic heterocycles. The second kappa shape index (κ2) is 8.67. The minimum absolute atomic E-state index is 0.474. The summed E-state index contributed by atoms with van der Waals surface area (Å²) in [6.07, 6.45) is 1.03. The van der Waals surface area contributed by atoms with Crippen LogP contribution in [0.2, 0.25) is 0 Å². The van der Waals surface area contributed by atoms with E-state index in [0.29, 0.717) is 6.04 Å². The van der Waals surface area contributed by atoms with Crippen LogP contribution in [0.4, 0.5) is 5.69 Å². The van der Waals surface area contributed by atoms with Gasteiger partial charge in [-0.05, 0) is 55.2 Å². The molecule has 0 amide bonds. The van der Waals surface area contributed by atoms with Gasteiger partial charge in [-0.15, -0.1) is 0 Å². The molecule has 0 radical (unpaired) electrons. The summed E-state index contributed by atoms with van der Waals surface area (Å²) < 4.78 is 0. The molecule has 0 aliphatic heterocycles. The molecule has 0 heterocycles. The molecule has 2 heteroatoms. The number of rotatable bonds is 7. The molecule has 0 N–H and O–H groups in total. The molecule has 1 atom stereocenters. The van der Waals surface area contributed by atoms with E-state index in [2.05, 4.69) is 116 Å². The highest BCUT2D eigenvalue weighted by atomic mass is 15.2. The standard InChI is InChI=1S/C27H30N2/c1-21(28(2)3)20-29(27-17-9-14-23-11-5-7-16-26(23)27)19-18-24-13-8-12-22-10-4-6-15-25(22)24/h4-17,21H,18-20H2,1-3H3. The highest BCUT2D eigenvalue weighted by molar-refractivity contribution is 5.94. The van der Waals surface area contributed by atoms with Crippen molar-refractivity contribution >= 4 is 27.2 Å². The van der Waals surface area contributed by atoms with Crippen molar-refractivity contribution in [2.45, 2.75) is 19.4 Å². The Kier molecular flexibility index (Phi) is 5.82. The van der Waals surface area contributed by atoms with Gasteiger partial charge in [-0.25, -0.2) is 0 Å². The number of nitrogens with zero attached hydrogens (tertiary/aromatic N) is 2. The van der Waals surface area contributed by atoms with Crippen molar-refractivity contribution in [1.82, 2.24) is 4.90 Å². The molecule has 0 spiro atoms. The number of hydrogen-bond acceptors (Lipinski definition) is 2. The Bertz CT molecular complexity index is 1090. The van der Waals surface area contributed by atoms with Crippen molar-refractivity contribution in [3.8, 4) is 0 Å². The third kappa shape index (κ3) is 4.28. The number of likely N-dealkylation sites (N-methyl/N-ethyl adjacent to an activating group) is 1. The molecular formula is C27H30N2. The molecule has 0 fully saturated rings. The summed E-state index contributed by atoms with van der Waals surface area (Å²) >= 11 is 0. The van der Waals surface area contributed by atoms with E-state index < -0.39 is 0 Å². The predicted molar refractivity (Wildman–Crippen MR) is 127 cm³/mol. The summed E-state index contributed by atoms with van der Waals surface area (Å²) in [5, 5.41) is 5.33. The van der Waals surface area contributed by atoms with Crippen molar-refractivity contribution in [3.63, 3.8) is 0 Å². The first-order valence-corrected chi connectivity index (χ1v) is 10.5. The fourth-order valence-corrected chi connectivity index (χ4v) is 4.04. The Balaban J connectivity index is 1.67. The quantitative estimate of drug-likeness (QED) is 0.387. The summed E-state index contributed by atoms with van der Waals surface area (Å²) in [7, 11) is 4.33. The fourth-order valence-electron chi connectivity index (χ4n) is 4.04. The first-order valence-electron chi connectivity index (χ1n) is 10.5. The Morgan fingerprint density at radius 3 is 2.00 bits per heavy atom. The van der Waals surface area contributed by atoms with Crippen molar-refractivity contribution in [1.29, 1.82) is 0 Å². The maximum Gasteiger partial charge on any atom is 0.0446 e. The molecule has 148 valence electrons. The molecule has 29 heavy (non-hydrogen) atoms. The van der Waals surface area contributed by atoms with Crippen molar-refractivity contribution in [2.75, 3.05) is 32.1 Å². The van der Waals surface area contributed by atoms with Gasteiger partial charge in [-0.2, -0.15) is 0 Å². The van der Waals surface area contributed by atoms with Crippen LogP contribution in [0.5, 0.6) is 0 Å². The third-order valence-electron chi connectivity index (χ3n) is 6.00. The zero-order valence-corrected chi connectivity index (χ0v) is 17.7. The van der Waals surface area contributed by atoms with Crippen LogP contribution >= 0.6 is 0 Å². The van der Waals surface area contributed by atoms with Gasteiger partial charge in [0.25, 0.3) is 0 Å². The van der Waals surface area contributed by atoms with E-state index >= 15 is 0 Å². The Labute approximate surface area is 174 Å². The van der Waals surface area contributed by atoms with Crippen LogP contribution in [0.15, 0.2) is 84.9 Å². The second-order valence-corrected chi connectivity index (χ2v) is 8.15. The topological polar surface area (TPSA) is 6.48 Å². The number of hydrogen-bond donors (Lipinski definition) is 0. The van der Waals surface area contributed by atoms with E-state index in [1.54, 1.807) is 0 Å². The first-order chi connectivity index (χ1) is 14.1. The summed E-state index contributed by atoms with van der Waals surface area (Å²) in [5.41, 5.74) is 2.75. The molecule has 0 aliphatic carbocycles. The van der Waals surface area contributed by atoms with E-state index in [9.17, 15) is 0 Å². The second-order valence-electron chi connectivity index (χ2n) is 8.15. The summed E-state index contributed by atoms with van der Waals surface area (Å²) in [6, 6.07) is 31.2. The van der Waals surface area contributed by atoms with Crippen LogP contribution in [0, 0.1) is 0 Å². The maximum atomic E-state index is 2.56. The van der Waals surface area contributed by atoms with E-state index in [4.69, 9.17) is 0 Å². The number of anilines is 1. The van der Waals surface area contributed by atoms with Gasteiger partial charge in [0.1, 0.15) is 0 Å². The first kappa shape index (κ1) is 19.5. The van der Waals surface area contributed by atoms with Crippen LogP contribution in [-0.2, 0) is 6.42 Å². The van der Waals surface area contributed by atoms with Crippen molar-refractivity contribution in [2.24, 2.45) is 0 Å². The van der Waals surface area contributed by atoms with Crippen LogP contribution in [-0.4, -0.2) is 38.1 Å². The molecular weight excluding hydrogens is 352 g/mol. The molecule has 1 unspecified atom stereocenters. The van der Waals surface area contributed by atoms with Crippen molar-refractivity contribution in [3.05, 3.63) is 90.5 Å². The van der Waals surface area contributed by atoms with E-state index in [0.717, 1.165) is 19.5 Å². The lowest BCUT2D eigenvalue weighted by atomic mass is 10.0. The molecule has 0 aliphatic rings. The molecule has 0 saturated carbocycles. The Morgan fingerprint density at radius 1 is 0.690 bits per heavy atom. The number of benzene rings is 4. The van der Waals surface area contributed by atoms with Gasteiger partial charge in [0.05, 0.1) is 0 Å². The minimum Gasteiger partial charge on any atom is -0.369 e. The molecule has 4 aromatic rings. The number of fused-ring (bicyclic) bond motifs is 2. The Hall–Kier alpha value is -2.84. The van der Waals surface area contributed by atoms with Gasteiger partial charge in [-0.3, -0.25) is 0 Å². The van der Waals surface area contributed by atoms with Gasteiger partial charge in [0.15, 0.2) is 0 Å². The fraction of sp³-hybridized carbons (Fsp3) is 0.259. The van der Waals surface area contributed by atoms with Crippen LogP contribution in [0.25, 0.3) is 21.5 Å². The lowest BCUT2D eigenvalue weighted by Gasteiger charge is -2.32. The minimum atomic E-state index is 0.474. The normalized spacial score (nSPS) is 12.6. The molecule has 4 aromatic carbocycles. The zero-order valence-electron chi connectivity index (χ0n) is 17.7. The molecule has 2 nitrogen and oxygen atoms in total. The largest absolute Gasteiger partial charge is 0.369 e. The van der Waals surface area contributed by atoms with Crippen LogP contribution in [0.3, 0.4) is 0 Å². The van der Waals surface area contributed by atoms with Crippen LogP contribution < -0.4 is 4.90 Å². The monoisotopic (exact) mass is 382 g/mol. The smallest absolute Gasteiger partial charge is 0.0446 e. The van der Waals surface area contributed by atoms with Gasteiger partial charge in [-0.1, -0.05) is 78.9 Å². The lowest BCUT2D eigenvalue weighted by molar-refractivity contribution is 0.315. The third-order valence-corrected chi connectivity index (χ3v) is 6.00. The van der Waals surface area contributed by atoms with E-state index in [-0.39, 0.29) is 0 Å². The maximum absolute atomic E-state index is 2.56. The molecule has 0 saturated heterocycles. The highest BCUT2D eigenvalue weighted by Gasteiger charge is 2.15. The zero-order chi connectivity index (χ0) is 20.2. The SMILES string of the molecule is CC(CN(CCc1cccc2ccccc12)c1cccc2ccccc12)N(C)C. The average Bonchev–Trinajstić information content (AvgIpc) is 2.76. The Morgan fingerprint density at radius 2 is 1.28 bits per heavy atom. The van der Waals surface area contributed by atoms with Crippen molar-refractivity contribution < 1.29 is 0 Å². The van der Waals surface area contributed by atoms with Gasteiger partial charge >= 0.3 is 0 Å². The lowest BCUT2D eigenvalue weighted by Crippen LogP contribution is -2.39. The summed E-state index contributed by atoms with van der Waals surface area (Å²) in [5.74, 6) is 0. The van der Waals surface area contributed by atoms with Crippen LogP contribution in [0.1, 0.15) is 12.5 Å². The van der Waals surface area contributed by atoms with Gasteiger partial charge < -0.3 is 9.80 Å². The van der Waals surface area contributed by atoms with Gasteiger partial charge in [0.2, 0.25) is 0 Å². The van der Waals surface area contributed by atoms with Gasteiger partial charge in [0, 0.05) is 30.2 Å². The van der Waals surface area contributed by atoms with E-state index in [1.165, 1.54) is 32.8 Å². The molecule has 4 rings (SSSR count). The summed E-state index contributed by atoms with van der Waals surface area (Å²) in [6.45, 7) is 4.31. The molecule has 0 bridgehead atoms.